The van der Waals surface area contributed by atoms with Crippen molar-refractivity contribution in [2.24, 2.45) is 0 Å². The molecule has 0 atom stereocenters. The van der Waals surface area contributed by atoms with Crippen LogP contribution in [0.2, 0.25) is 0 Å². The minimum Gasteiger partial charge on any atom is -0.490 e. The van der Waals surface area contributed by atoms with Crippen molar-refractivity contribution < 1.29 is 19.2 Å². The summed E-state index contributed by atoms with van der Waals surface area (Å²) in [5.41, 5.74) is 0.625. The van der Waals surface area contributed by atoms with Crippen molar-refractivity contribution in [1.82, 2.24) is 0 Å². The third-order valence-electron chi connectivity index (χ3n) is 2.32. The normalized spacial score (nSPS) is 9.47. The molecule has 0 saturated carbocycles. The molecule has 0 amide bonds. The van der Waals surface area contributed by atoms with E-state index in [2.05, 4.69) is 0 Å². The SMILES string of the molecule is COc1cc(CCOC(=O)CC#N)ccc1[N+](=O)[O-]. The highest BCUT2D eigenvalue weighted by Gasteiger charge is 2.14. The lowest BCUT2D eigenvalue weighted by Gasteiger charge is -2.06. The lowest BCUT2D eigenvalue weighted by atomic mass is 10.1. The van der Waals surface area contributed by atoms with E-state index in [4.69, 9.17) is 14.7 Å². The number of benzene rings is 1. The number of carbonyl (C=O) groups excluding carboxylic acids is 1. The van der Waals surface area contributed by atoms with Crippen molar-refractivity contribution in [3.8, 4) is 11.8 Å². The summed E-state index contributed by atoms with van der Waals surface area (Å²) in [7, 11) is 1.35. The number of nitriles is 1. The summed E-state index contributed by atoms with van der Waals surface area (Å²) >= 11 is 0. The Kier molecular flexibility index (Phi) is 5.29. The highest BCUT2D eigenvalue weighted by Crippen LogP contribution is 2.27. The minimum absolute atomic E-state index is 0.113. The van der Waals surface area contributed by atoms with Crippen molar-refractivity contribution in [1.29, 1.82) is 5.26 Å². The van der Waals surface area contributed by atoms with E-state index in [1.807, 2.05) is 0 Å². The molecule has 0 aliphatic carbocycles. The molecule has 0 N–H and O–H groups in total. The summed E-state index contributed by atoms with van der Waals surface area (Å²) in [5.74, 6) is -0.428. The number of nitro groups is 1. The molecule has 0 fully saturated rings. The maximum absolute atomic E-state index is 10.9. The Balaban J connectivity index is 2.63. The van der Waals surface area contributed by atoms with Gasteiger partial charge >= 0.3 is 11.7 Å². The van der Waals surface area contributed by atoms with Crippen LogP contribution in [-0.4, -0.2) is 24.6 Å². The summed E-state index contributed by atoms with van der Waals surface area (Å²) in [4.78, 5) is 21.1. The van der Waals surface area contributed by atoms with Gasteiger partial charge in [0.1, 0.15) is 6.42 Å². The smallest absolute Gasteiger partial charge is 0.320 e. The van der Waals surface area contributed by atoms with E-state index < -0.39 is 10.9 Å². The van der Waals surface area contributed by atoms with Gasteiger partial charge in [-0.2, -0.15) is 5.26 Å². The zero-order valence-electron chi connectivity index (χ0n) is 10.3. The van der Waals surface area contributed by atoms with Crippen LogP contribution in [-0.2, 0) is 16.0 Å². The molecule has 7 nitrogen and oxygen atoms in total. The first kappa shape index (κ1) is 14.4. The van der Waals surface area contributed by atoms with E-state index in [0.717, 1.165) is 5.56 Å². The fourth-order valence-electron chi connectivity index (χ4n) is 1.43. The number of nitrogens with zero attached hydrogens (tertiary/aromatic N) is 2. The largest absolute Gasteiger partial charge is 0.490 e. The van der Waals surface area contributed by atoms with E-state index in [0.29, 0.717) is 6.42 Å². The molecule has 0 bridgehead atoms. The third kappa shape index (κ3) is 4.27. The van der Waals surface area contributed by atoms with Crippen LogP contribution < -0.4 is 4.74 Å². The topological polar surface area (TPSA) is 102 Å². The molecular weight excluding hydrogens is 252 g/mol. The van der Waals surface area contributed by atoms with E-state index in [-0.39, 0.29) is 24.5 Å². The van der Waals surface area contributed by atoms with Crippen LogP contribution in [0.25, 0.3) is 0 Å². The van der Waals surface area contributed by atoms with Gasteiger partial charge in [0.15, 0.2) is 5.75 Å². The summed E-state index contributed by atoms with van der Waals surface area (Å²) in [6, 6.07) is 6.12. The standard InChI is InChI=1S/C12H12N2O5/c1-18-11-8-9(2-3-10(11)14(16)17)5-7-19-12(15)4-6-13/h2-3,8H,4-5,7H2,1H3. The molecule has 0 unspecified atom stereocenters. The average molecular weight is 264 g/mol. The number of rotatable bonds is 6. The molecule has 7 heteroatoms. The van der Waals surface area contributed by atoms with Crippen LogP contribution in [0.1, 0.15) is 12.0 Å². The first-order chi connectivity index (χ1) is 9.08. The maximum Gasteiger partial charge on any atom is 0.320 e. The highest BCUT2D eigenvalue weighted by atomic mass is 16.6. The molecule has 100 valence electrons. The van der Waals surface area contributed by atoms with E-state index in [1.54, 1.807) is 12.1 Å². The van der Waals surface area contributed by atoms with Gasteiger partial charge in [0.05, 0.1) is 24.7 Å². The van der Waals surface area contributed by atoms with Crippen LogP contribution in [0.15, 0.2) is 18.2 Å². The minimum atomic E-state index is -0.587. The fraction of sp³-hybridized carbons (Fsp3) is 0.333. The van der Waals surface area contributed by atoms with Gasteiger partial charge in [-0.1, -0.05) is 6.07 Å². The molecule has 1 aromatic rings. The molecular formula is C12H12N2O5. The first-order valence-corrected chi connectivity index (χ1v) is 5.42. The van der Waals surface area contributed by atoms with Crippen LogP contribution in [0.3, 0.4) is 0 Å². The Morgan fingerprint density at radius 1 is 1.53 bits per heavy atom. The number of hydrogen-bond donors (Lipinski definition) is 0. The lowest BCUT2D eigenvalue weighted by Crippen LogP contribution is -2.06. The summed E-state index contributed by atoms with van der Waals surface area (Å²) in [6.07, 6.45) is 0.106. The quantitative estimate of drug-likeness (QED) is 0.439. The predicted molar refractivity (Wildman–Crippen MR) is 64.5 cm³/mol. The highest BCUT2D eigenvalue weighted by molar-refractivity contribution is 5.71. The Morgan fingerprint density at radius 3 is 2.84 bits per heavy atom. The third-order valence-corrected chi connectivity index (χ3v) is 2.32. The second-order valence-corrected chi connectivity index (χ2v) is 3.57. The van der Waals surface area contributed by atoms with E-state index in [1.165, 1.54) is 19.2 Å². The average Bonchev–Trinajstić information content (AvgIpc) is 2.38. The van der Waals surface area contributed by atoms with E-state index >= 15 is 0 Å². The monoisotopic (exact) mass is 264 g/mol. The van der Waals surface area contributed by atoms with E-state index in [9.17, 15) is 14.9 Å². The number of hydrogen-bond acceptors (Lipinski definition) is 6. The molecule has 19 heavy (non-hydrogen) atoms. The van der Waals surface area contributed by atoms with Crippen LogP contribution in [0.5, 0.6) is 5.75 Å². The second kappa shape index (κ2) is 6.96. The Hall–Kier alpha value is -2.62. The zero-order valence-corrected chi connectivity index (χ0v) is 10.3. The van der Waals surface area contributed by atoms with Gasteiger partial charge in [-0.05, 0) is 11.6 Å². The Bertz CT molecular complexity index is 521. The lowest BCUT2D eigenvalue weighted by molar-refractivity contribution is -0.385. The zero-order chi connectivity index (χ0) is 14.3. The van der Waals surface area contributed by atoms with Crippen LogP contribution in [0, 0.1) is 21.4 Å². The predicted octanol–water partition coefficient (Wildman–Crippen LogP) is 1.60. The van der Waals surface area contributed by atoms with Gasteiger partial charge in [0.2, 0.25) is 0 Å². The molecule has 0 spiro atoms. The Labute approximate surface area is 109 Å². The number of carbonyl (C=O) groups is 1. The molecule has 1 aromatic carbocycles. The van der Waals surface area contributed by atoms with Crippen molar-refractivity contribution in [2.45, 2.75) is 12.8 Å². The number of esters is 1. The molecule has 0 aliphatic heterocycles. The summed E-state index contributed by atoms with van der Waals surface area (Å²) in [6.45, 7) is 0.113. The van der Waals surface area contributed by atoms with Crippen molar-refractivity contribution in [3.63, 3.8) is 0 Å². The van der Waals surface area contributed by atoms with Crippen molar-refractivity contribution in [2.75, 3.05) is 13.7 Å². The van der Waals surface area contributed by atoms with Gasteiger partial charge in [-0.25, -0.2) is 0 Å². The number of ether oxygens (including phenoxy) is 2. The van der Waals surface area contributed by atoms with Gasteiger partial charge in [-0.15, -0.1) is 0 Å². The van der Waals surface area contributed by atoms with Crippen molar-refractivity contribution >= 4 is 11.7 Å². The van der Waals surface area contributed by atoms with Gasteiger partial charge in [-0.3, -0.25) is 14.9 Å². The van der Waals surface area contributed by atoms with Crippen LogP contribution in [0.4, 0.5) is 5.69 Å². The molecule has 0 aliphatic rings. The molecule has 0 aromatic heterocycles. The summed E-state index contributed by atoms with van der Waals surface area (Å²) in [5, 5.41) is 19.0. The maximum atomic E-state index is 10.9. The fourth-order valence-corrected chi connectivity index (χ4v) is 1.43. The first-order valence-electron chi connectivity index (χ1n) is 5.42. The molecule has 0 radical (unpaired) electrons. The second-order valence-electron chi connectivity index (χ2n) is 3.57. The van der Waals surface area contributed by atoms with Crippen LogP contribution >= 0.6 is 0 Å². The van der Waals surface area contributed by atoms with Crippen molar-refractivity contribution in [3.05, 3.63) is 33.9 Å². The molecule has 0 heterocycles. The van der Waals surface area contributed by atoms with Gasteiger partial charge in [0.25, 0.3) is 0 Å². The summed E-state index contributed by atoms with van der Waals surface area (Å²) < 4.78 is 9.72. The van der Waals surface area contributed by atoms with Gasteiger partial charge in [0, 0.05) is 12.5 Å². The van der Waals surface area contributed by atoms with Gasteiger partial charge < -0.3 is 9.47 Å². The Morgan fingerprint density at radius 2 is 2.26 bits per heavy atom. The number of nitro benzene ring substituents is 1. The number of methoxy groups -OCH3 is 1. The molecule has 0 saturated heterocycles. The molecule has 1 rings (SSSR count).